The Kier molecular flexibility index (Phi) is 4.22. The van der Waals surface area contributed by atoms with E-state index in [4.69, 9.17) is 4.74 Å². The molecule has 2 aliphatic heterocycles. The number of rotatable bonds is 1. The van der Waals surface area contributed by atoms with E-state index in [-0.39, 0.29) is 23.5 Å². The minimum absolute atomic E-state index is 0.0525. The molecule has 0 bridgehead atoms. The molecule has 1 aliphatic carbocycles. The predicted molar refractivity (Wildman–Crippen MR) is 103 cm³/mol. The second kappa shape index (κ2) is 6.23. The number of benzene rings is 1. The number of nitrogens with one attached hydrogen (secondary N) is 1. The molecule has 6 nitrogen and oxygen atoms in total. The van der Waals surface area contributed by atoms with E-state index in [2.05, 4.69) is 23.2 Å². The highest BCUT2D eigenvalue weighted by Gasteiger charge is 2.56. The zero-order chi connectivity index (χ0) is 19.4. The third-order valence-electron chi connectivity index (χ3n) is 6.02. The summed E-state index contributed by atoms with van der Waals surface area (Å²) < 4.78 is 5.46. The molecule has 1 N–H and O–H groups in total. The first-order chi connectivity index (χ1) is 12.7. The summed E-state index contributed by atoms with van der Waals surface area (Å²) in [6.45, 7) is 9.81. The van der Waals surface area contributed by atoms with E-state index in [1.807, 2.05) is 39.0 Å². The first-order valence-electron chi connectivity index (χ1n) is 9.78. The number of likely N-dealkylation sites (tertiary alicyclic amines) is 1. The minimum Gasteiger partial charge on any atom is -0.444 e. The van der Waals surface area contributed by atoms with E-state index in [0.29, 0.717) is 12.6 Å². The number of carbonyl (C=O) groups is 2. The Morgan fingerprint density at radius 1 is 1.22 bits per heavy atom. The summed E-state index contributed by atoms with van der Waals surface area (Å²) in [5.74, 6) is 0.0525. The number of carbonyl (C=O) groups excluding carboxylic acids is 2. The third-order valence-corrected chi connectivity index (χ3v) is 6.02. The molecular formula is C21H29N3O3. The van der Waals surface area contributed by atoms with Gasteiger partial charge in [0.25, 0.3) is 0 Å². The molecule has 1 saturated heterocycles. The molecule has 0 radical (unpaired) electrons. The Balaban J connectivity index is 1.37. The molecular weight excluding hydrogens is 342 g/mol. The van der Waals surface area contributed by atoms with Crippen molar-refractivity contribution in [2.45, 2.75) is 58.2 Å². The highest BCUT2D eigenvalue weighted by atomic mass is 16.6. The van der Waals surface area contributed by atoms with Crippen LogP contribution in [0.2, 0.25) is 0 Å². The van der Waals surface area contributed by atoms with Crippen molar-refractivity contribution >= 4 is 17.7 Å². The average Bonchev–Trinajstić information content (AvgIpc) is 2.60. The van der Waals surface area contributed by atoms with E-state index < -0.39 is 5.60 Å². The number of ether oxygens (including phenoxy) is 1. The largest absolute Gasteiger partial charge is 0.444 e. The fourth-order valence-corrected chi connectivity index (χ4v) is 4.74. The van der Waals surface area contributed by atoms with Gasteiger partial charge in [-0.1, -0.05) is 18.2 Å². The molecule has 1 spiro atoms. The maximum atomic E-state index is 12.3. The van der Waals surface area contributed by atoms with Gasteiger partial charge in [0.15, 0.2) is 0 Å². The van der Waals surface area contributed by atoms with Gasteiger partial charge in [0.1, 0.15) is 5.60 Å². The van der Waals surface area contributed by atoms with Crippen LogP contribution in [0.1, 0.15) is 52.1 Å². The van der Waals surface area contributed by atoms with Crippen molar-refractivity contribution in [2.75, 3.05) is 25.0 Å². The highest BCUT2D eigenvalue weighted by Crippen LogP contribution is 2.52. The van der Waals surface area contributed by atoms with Gasteiger partial charge in [0, 0.05) is 36.3 Å². The molecule has 27 heavy (non-hydrogen) atoms. The quantitative estimate of drug-likeness (QED) is 0.822. The Hall–Kier alpha value is -2.08. The van der Waals surface area contributed by atoms with Crippen molar-refractivity contribution < 1.29 is 14.3 Å². The average molecular weight is 371 g/mol. The number of anilines is 1. The van der Waals surface area contributed by atoms with Gasteiger partial charge in [0.2, 0.25) is 5.91 Å². The smallest absolute Gasteiger partial charge is 0.410 e. The van der Waals surface area contributed by atoms with Crippen molar-refractivity contribution in [3.05, 3.63) is 29.8 Å². The molecule has 2 fully saturated rings. The van der Waals surface area contributed by atoms with Crippen LogP contribution < -0.4 is 5.32 Å². The summed E-state index contributed by atoms with van der Waals surface area (Å²) in [5, 5.41) is 3.03. The van der Waals surface area contributed by atoms with Gasteiger partial charge in [0.05, 0.1) is 6.54 Å². The molecule has 146 valence electrons. The lowest BCUT2D eigenvalue weighted by Gasteiger charge is -2.61. The molecule has 2 amide bonds. The van der Waals surface area contributed by atoms with Gasteiger partial charge in [-0.15, -0.1) is 0 Å². The highest BCUT2D eigenvalue weighted by molar-refractivity contribution is 5.94. The Morgan fingerprint density at radius 2 is 1.89 bits per heavy atom. The van der Waals surface area contributed by atoms with Gasteiger partial charge in [-0.3, -0.25) is 9.69 Å². The summed E-state index contributed by atoms with van der Waals surface area (Å²) >= 11 is 0. The van der Waals surface area contributed by atoms with Crippen LogP contribution in [0.4, 0.5) is 10.5 Å². The molecule has 1 unspecified atom stereocenters. The standard InChI is InChI=1S/C21H29N3O3/c1-14-16-7-5-6-8-17(16)22-18(25)11-24(14)15-9-21(10-15)12-23(13-21)19(26)27-20(2,3)4/h5-8,14-15H,9-13H2,1-4H3,(H,22,25). The van der Waals surface area contributed by atoms with Crippen LogP contribution in [0, 0.1) is 5.41 Å². The maximum Gasteiger partial charge on any atom is 0.410 e. The fraction of sp³-hybridized carbons (Fsp3) is 0.619. The van der Waals surface area contributed by atoms with E-state index in [0.717, 1.165) is 31.6 Å². The molecule has 1 aromatic rings. The van der Waals surface area contributed by atoms with Gasteiger partial charge in [-0.2, -0.15) is 0 Å². The topological polar surface area (TPSA) is 61.9 Å². The summed E-state index contributed by atoms with van der Waals surface area (Å²) in [4.78, 5) is 28.6. The summed E-state index contributed by atoms with van der Waals surface area (Å²) in [6.07, 6.45) is 1.85. The molecule has 0 aromatic heterocycles. The first-order valence-corrected chi connectivity index (χ1v) is 9.78. The second-order valence-electron chi connectivity index (χ2n) is 9.38. The lowest BCUT2D eigenvalue weighted by molar-refractivity contribution is -0.128. The number of nitrogens with zero attached hydrogens (tertiary/aromatic N) is 2. The Labute approximate surface area is 160 Å². The number of fused-ring (bicyclic) bond motifs is 1. The van der Waals surface area contributed by atoms with E-state index in [1.54, 1.807) is 4.90 Å². The lowest BCUT2D eigenvalue weighted by atomic mass is 9.60. The molecule has 4 rings (SSSR count). The van der Waals surface area contributed by atoms with Crippen LogP contribution >= 0.6 is 0 Å². The summed E-state index contributed by atoms with van der Waals surface area (Å²) in [5.41, 5.74) is 1.85. The van der Waals surface area contributed by atoms with E-state index in [9.17, 15) is 9.59 Å². The molecule has 1 aromatic carbocycles. The summed E-state index contributed by atoms with van der Waals surface area (Å²) in [7, 11) is 0. The number of amides is 2. The predicted octanol–water partition coefficient (Wildman–Crippen LogP) is 3.40. The molecule has 3 aliphatic rings. The van der Waals surface area contributed by atoms with Crippen LogP contribution in [0.3, 0.4) is 0 Å². The van der Waals surface area contributed by atoms with Crippen molar-refractivity contribution in [1.29, 1.82) is 0 Å². The maximum absolute atomic E-state index is 12.3. The first kappa shape index (κ1) is 18.3. The zero-order valence-corrected chi connectivity index (χ0v) is 16.6. The number of hydrogen-bond donors (Lipinski definition) is 1. The van der Waals surface area contributed by atoms with Crippen molar-refractivity contribution in [2.24, 2.45) is 5.41 Å². The van der Waals surface area contributed by atoms with Gasteiger partial charge in [-0.05, 0) is 52.2 Å². The van der Waals surface area contributed by atoms with E-state index in [1.165, 1.54) is 5.56 Å². The third kappa shape index (κ3) is 3.43. The SMILES string of the molecule is CC1c2ccccc2NC(=O)CN1C1CC2(C1)CN(C(=O)OC(C)(C)C)C2. The van der Waals surface area contributed by atoms with Crippen molar-refractivity contribution in [1.82, 2.24) is 9.80 Å². The van der Waals surface area contributed by atoms with E-state index >= 15 is 0 Å². The normalized spacial score (nSPS) is 25.1. The minimum atomic E-state index is -0.454. The monoisotopic (exact) mass is 371 g/mol. The van der Waals surface area contributed by atoms with Gasteiger partial charge >= 0.3 is 6.09 Å². The second-order valence-corrected chi connectivity index (χ2v) is 9.38. The molecule has 1 atom stereocenters. The van der Waals surface area contributed by atoms with Crippen LogP contribution in [0.5, 0.6) is 0 Å². The van der Waals surface area contributed by atoms with Gasteiger partial charge < -0.3 is 15.0 Å². The summed E-state index contributed by atoms with van der Waals surface area (Å²) in [6, 6.07) is 8.64. The fourth-order valence-electron chi connectivity index (χ4n) is 4.74. The Bertz CT molecular complexity index is 756. The molecule has 2 heterocycles. The Morgan fingerprint density at radius 3 is 2.56 bits per heavy atom. The van der Waals surface area contributed by atoms with Crippen LogP contribution in [0.25, 0.3) is 0 Å². The number of hydrogen-bond acceptors (Lipinski definition) is 4. The van der Waals surface area contributed by atoms with Gasteiger partial charge in [-0.25, -0.2) is 4.79 Å². The lowest BCUT2D eigenvalue weighted by Crippen LogP contribution is -2.68. The van der Waals surface area contributed by atoms with Crippen molar-refractivity contribution in [3.63, 3.8) is 0 Å². The van der Waals surface area contributed by atoms with Crippen molar-refractivity contribution in [3.8, 4) is 0 Å². The van der Waals surface area contributed by atoms with Crippen LogP contribution in [-0.2, 0) is 9.53 Å². The molecule has 1 saturated carbocycles. The van der Waals surface area contributed by atoms with Crippen LogP contribution in [0.15, 0.2) is 24.3 Å². The van der Waals surface area contributed by atoms with Crippen LogP contribution in [-0.4, -0.2) is 53.1 Å². The zero-order valence-electron chi connectivity index (χ0n) is 16.6. The number of para-hydroxylation sites is 1. The molecule has 6 heteroatoms.